The van der Waals surface area contributed by atoms with E-state index in [0.717, 1.165) is 0 Å². The van der Waals surface area contributed by atoms with E-state index in [1.807, 2.05) is 0 Å². The summed E-state index contributed by atoms with van der Waals surface area (Å²) in [5.41, 5.74) is 0.940. The second-order valence-corrected chi connectivity index (χ2v) is 6.23. The lowest BCUT2D eigenvalue weighted by Gasteiger charge is -2.17. The highest BCUT2D eigenvalue weighted by atomic mass is 19.1. The number of likely N-dealkylation sites (N-methyl/N-ethyl adjacent to an activating group) is 1. The molecule has 0 fully saturated rings. The number of amides is 1. The molecule has 2 aromatic carbocycles. The lowest BCUT2D eigenvalue weighted by molar-refractivity contribution is -0.147. The number of benzene rings is 2. The zero-order valence-electron chi connectivity index (χ0n) is 17.3. The van der Waals surface area contributed by atoms with Crippen LogP contribution in [0.3, 0.4) is 0 Å². The van der Waals surface area contributed by atoms with Crippen LogP contribution in [0, 0.1) is 5.82 Å². The van der Waals surface area contributed by atoms with Crippen molar-refractivity contribution in [3.8, 4) is 17.2 Å². The van der Waals surface area contributed by atoms with Gasteiger partial charge in [0.1, 0.15) is 11.6 Å². The molecule has 0 N–H and O–H groups in total. The van der Waals surface area contributed by atoms with Gasteiger partial charge in [0.05, 0.1) is 21.3 Å². The van der Waals surface area contributed by atoms with Gasteiger partial charge < -0.3 is 23.8 Å². The lowest BCUT2D eigenvalue weighted by atomic mass is 10.1. The summed E-state index contributed by atoms with van der Waals surface area (Å²) in [6.07, 6.45) is 2.66. The molecule has 0 unspecified atom stereocenters. The van der Waals surface area contributed by atoms with E-state index < -0.39 is 24.3 Å². The zero-order chi connectivity index (χ0) is 22.1. The first-order valence-corrected chi connectivity index (χ1v) is 9.01. The molecule has 7 nitrogen and oxygen atoms in total. The Morgan fingerprint density at radius 2 is 1.63 bits per heavy atom. The third-order valence-corrected chi connectivity index (χ3v) is 4.26. The van der Waals surface area contributed by atoms with Crippen molar-refractivity contribution in [1.82, 2.24) is 4.90 Å². The number of carbonyl (C=O) groups excluding carboxylic acids is 2. The minimum Gasteiger partial charge on any atom is -0.496 e. The maximum absolute atomic E-state index is 13.7. The first-order chi connectivity index (χ1) is 14.4. The van der Waals surface area contributed by atoms with E-state index in [9.17, 15) is 14.0 Å². The molecular weight excluding hydrogens is 393 g/mol. The van der Waals surface area contributed by atoms with Crippen LogP contribution < -0.4 is 14.2 Å². The van der Waals surface area contributed by atoms with E-state index in [-0.39, 0.29) is 6.54 Å². The fraction of sp³-hybridized carbons (Fsp3) is 0.273. The first kappa shape index (κ1) is 22.7. The molecule has 0 heterocycles. The highest BCUT2D eigenvalue weighted by Gasteiger charge is 2.14. The van der Waals surface area contributed by atoms with Gasteiger partial charge in [0.25, 0.3) is 5.91 Å². The number of halogens is 1. The smallest absolute Gasteiger partial charge is 0.331 e. The monoisotopic (exact) mass is 417 g/mol. The van der Waals surface area contributed by atoms with Crippen LogP contribution in [0.25, 0.3) is 6.08 Å². The van der Waals surface area contributed by atoms with Crippen LogP contribution in [0.4, 0.5) is 4.39 Å². The molecule has 0 saturated carbocycles. The maximum Gasteiger partial charge on any atom is 0.331 e. The Morgan fingerprint density at radius 3 is 2.27 bits per heavy atom. The number of esters is 1. The number of methoxy groups -OCH3 is 3. The molecule has 2 aromatic rings. The summed E-state index contributed by atoms with van der Waals surface area (Å²) in [7, 11) is 5.99. The van der Waals surface area contributed by atoms with Crippen LogP contribution in [-0.4, -0.2) is 51.8 Å². The summed E-state index contributed by atoms with van der Waals surface area (Å²) >= 11 is 0. The fourth-order valence-corrected chi connectivity index (χ4v) is 2.60. The van der Waals surface area contributed by atoms with E-state index in [1.165, 1.54) is 51.5 Å². The van der Waals surface area contributed by atoms with Crippen LogP contribution in [0.2, 0.25) is 0 Å². The average Bonchev–Trinajstić information content (AvgIpc) is 2.76. The van der Waals surface area contributed by atoms with Gasteiger partial charge in [0.2, 0.25) is 0 Å². The number of nitrogens with zero attached hydrogens (tertiary/aromatic N) is 1. The quantitative estimate of drug-likeness (QED) is 0.461. The summed E-state index contributed by atoms with van der Waals surface area (Å²) in [5.74, 6) is -0.143. The predicted octanol–water partition coefficient (Wildman–Crippen LogP) is 3.07. The molecule has 0 spiro atoms. The third-order valence-electron chi connectivity index (χ3n) is 4.26. The molecule has 0 aliphatic carbocycles. The van der Waals surface area contributed by atoms with Crippen molar-refractivity contribution >= 4 is 18.0 Å². The minimum absolute atomic E-state index is 0.0712. The fourth-order valence-electron chi connectivity index (χ4n) is 2.60. The third kappa shape index (κ3) is 5.97. The van der Waals surface area contributed by atoms with Gasteiger partial charge in [-0.3, -0.25) is 4.79 Å². The SMILES string of the molecule is COc1cc(OC)c(OC)cc1/C=C/C(=O)OCC(=O)N(C)Cc1ccccc1F. The predicted molar refractivity (Wildman–Crippen MR) is 109 cm³/mol. The summed E-state index contributed by atoms with van der Waals surface area (Å²) in [6, 6.07) is 9.44. The number of rotatable bonds is 9. The second kappa shape index (κ2) is 10.8. The van der Waals surface area contributed by atoms with Crippen LogP contribution >= 0.6 is 0 Å². The van der Waals surface area contributed by atoms with Gasteiger partial charge in [-0.05, 0) is 18.2 Å². The van der Waals surface area contributed by atoms with Gasteiger partial charge in [-0.2, -0.15) is 0 Å². The van der Waals surface area contributed by atoms with Crippen molar-refractivity contribution in [1.29, 1.82) is 0 Å². The van der Waals surface area contributed by atoms with Crippen LogP contribution in [-0.2, 0) is 20.9 Å². The topological polar surface area (TPSA) is 74.3 Å². The van der Waals surface area contributed by atoms with Gasteiger partial charge in [-0.1, -0.05) is 18.2 Å². The van der Waals surface area contributed by atoms with Crippen molar-refractivity contribution in [3.05, 3.63) is 59.4 Å². The van der Waals surface area contributed by atoms with Crippen LogP contribution in [0.15, 0.2) is 42.5 Å². The maximum atomic E-state index is 13.7. The van der Waals surface area contributed by atoms with E-state index in [2.05, 4.69) is 0 Å². The molecule has 0 bridgehead atoms. The van der Waals surface area contributed by atoms with Crippen molar-refractivity contribution in [3.63, 3.8) is 0 Å². The Balaban J connectivity index is 1.96. The lowest BCUT2D eigenvalue weighted by Crippen LogP contribution is -2.30. The molecule has 8 heteroatoms. The van der Waals surface area contributed by atoms with Gasteiger partial charge >= 0.3 is 5.97 Å². The first-order valence-electron chi connectivity index (χ1n) is 9.01. The van der Waals surface area contributed by atoms with E-state index in [4.69, 9.17) is 18.9 Å². The average molecular weight is 417 g/mol. The summed E-state index contributed by atoms with van der Waals surface area (Å²) in [6.45, 7) is -0.390. The molecule has 0 atom stereocenters. The molecule has 0 aromatic heterocycles. The number of carbonyl (C=O) groups is 2. The number of ether oxygens (including phenoxy) is 4. The standard InChI is InChI=1S/C22H24FNO6/c1-24(13-16-7-5-6-8-17(16)23)21(25)14-30-22(26)10-9-15-11-19(28-3)20(29-4)12-18(15)27-2/h5-12H,13-14H2,1-4H3/b10-9+. The van der Waals surface area contributed by atoms with Crippen LogP contribution in [0.1, 0.15) is 11.1 Å². The number of hydrogen-bond donors (Lipinski definition) is 0. The highest BCUT2D eigenvalue weighted by Crippen LogP contribution is 2.35. The van der Waals surface area contributed by atoms with Gasteiger partial charge in [0, 0.05) is 36.9 Å². The van der Waals surface area contributed by atoms with Gasteiger partial charge in [-0.15, -0.1) is 0 Å². The molecule has 1 amide bonds. The van der Waals surface area contributed by atoms with E-state index in [0.29, 0.717) is 28.4 Å². The van der Waals surface area contributed by atoms with Crippen molar-refractivity contribution in [2.24, 2.45) is 0 Å². The highest BCUT2D eigenvalue weighted by molar-refractivity contribution is 5.89. The zero-order valence-corrected chi connectivity index (χ0v) is 17.3. The number of hydrogen-bond acceptors (Lipinski definition) is 6. The molecule has 0 aliphatic heterocycles. The Kier molecular flexibility index (Phi) is 8.22. The van der Waals surface area contributed by atoms with E-state index >= 15 is 0 Å². The summed E-state index contributed by atoms with van der Waals surface area (Å²) < 4.78 is 34.4. The summed E-state index contributed by atoms with van der Waals surface area (Å²) in [4.78, 5) is 25.4. The Morgan fingerprint density at radius 1 is 1.00 bits per heavy atom. The van der Waals surface area contributed by atoms with Gasteiger partial charge in [0.15, 0.2) is 18.1 Å². The molecule has 2 rings (SSSR count). The van der Waals surface area contributed by atoms with Crippen molar-refractivity contribution < 1.29 is 32.9 Å². The Bertz CT molecular complexity index is 928. The largest absolute Gasteiger partial charge is 0.496 e. The van der Waals surface area contributed by atoms with Crippen molar-refractivity contribution in [2.45, 2.75) is 6.54 Å². The minimum atomic E-state index is -0.709. The van der Waals surface area contributed by atoms with Crippen LogP contribution in [0.5, 0.6) is 17.2 Å². The molecule has 30 heavy (non-hydrogen) atoms. The molecule has 160 valence electrons. The van der Waals surface area contributed by atoms with E-state index in [1.54, 1.807) is 30.3 Å². The van der Waals surface area contributed by atoms with Gasteiger partial charge in [-0.25, -0.2) is 9.18 Å². The van der Waals surface area contributed by atoms with Crippen molar-refractivity contribution in [2.75, 3.05) is 35.0 Å². The Hall–Kier alpha value is -3.55. The molecule has 0 radical (unpaired) electrons. The normalized spacial score (nSPS) is 10.6. The molecule has 0 saturated heterocycles. The molecular formula is C22H24FNO6. The molecule has 0 aliphatic rings. The Labute approximate surface area is 174 Å². The second-order valence-electron chi connectivity index (χ2n) is 6.23. The summed E-state index contributed by atoms with van der Waals surface area (Å²) in [5, 5.41) is 0.